The molecule has 98 valence electrons. The fourth-order valence-electron chi connectivity index (χ4n) is 1.70. The maximum atomic E-state index is 12.1. The van der Waals surface area contributed by atoms with Crippen LogP contribution in [0.4, 0.5) is 10.9 Å². The minimum absolute atomic E-state index is 0.257. The number of nitrogens with two attached hydrogens (primary N) is 1. The monoisotopic (exact) mass is 294 g/mol. The van der Waals surface area contributed by atoms with E-state index in [1.807, 2.05) is 5.38 Å². The standard InChI is InChI=1S/C12H11ClN4OS/c13-8-4-15-10(14)3-7(8)11(18)17-12-16-9(5-19-12)6-1-2-6/h3-6H,1-2H2,(H2,14,15)(H,16,17,18). The van der Waals surface area contributed by atoms with Crippen molar-refractivity contribution in [1.29, 1.82) is 0 Å². The molecule has 5 nitrogen and oxygen atoms in total. The number of hydrogen-bond donors (Lipinski definition) is 2. The molecule has 0 atom stereocenters. The predicted molar refractivity (Wildman–Crippen MR) is 75.7 cm³/mol. The molecule has 1 amide bonds. The summed E-state index contributed by atoms with van der Waals surface area (Å²) < 4.78 is 0. The summed E-state index contributed by atoms with van der Waals surface area (Å²) >= 11 is 7.34. The van der Waals surface area contributed by atoms with Gasteiger partial charge in [0.1, 0.15) is 5.82 Å². The number of rotatable bonds is 3. The molecular formula is C12H11ClN4OS. The predicted octanol–water partition coefficient (Wildman–Crippen LogP) is 2.90. The van der Waals surface area contributed by atoms with Crippen LogP contribution >= 0.6 is 22.9 Å². The highest BCUT2D eigenvalue weighted by Crippen LogP contribution is 2.40. The Bertz CT molecular complexity index is 638. The normalized spacial score (nSPS) is 14.4. The van der Waals surface area contributed by atoms with Gasteiger partial charge < -0.3 is 5.73 Å². The Hall–Kier alpha value is -1.66. The fraction of sp³-hybridized carbons (Fsp3) is 0.250. The van der Waals surface area contributed by atoms with Crippen molar-refractivity contribution in [2.24, 2.45) is 0 Å². The van der Waals surface area contributed by atoms with Crippen molar-refractivity contribution in [2.45, 2.75) is 18.8 Å². The van der Waals surface area contributed by atoms with Gasteiger partial charge in [0, 0.05) is 17.5 Å². The van der Waals surface area contributed by atoms with E-state index in [4.69, 9.17) is 17.3 Å². The van der Waals surface area contributed by atoms with Gasteiger partial charge in [0.2, 0.25) is 0 Å². The topological polar surface area (TPSA) is 80.9 Å². The van der Waals surface area contributed by atoms with Gasteiger partial charge in [0.25, 0.3) is 5.91 Å². The number of nitrogens with zero attached hydrogens (tertiary/aromatic N) is 2. The second-order valence-corrected chi connectivity index (χ2v) is 5.66. The largest absolute Gasteiger partial charge is 0.384 e. The average Bonchev–Trinajstić information content (AvgIpc) is 3.13. The summed E-state index contributed by atoms with van der Waals surface area (Å²) in [5, 5.41) is 5.56. The Morgan fingerprint density at radius 3 is 3.05 bits per heavy atom. The number of nitrogen functional groups attached to an aromatic ring is 1. The third-order valence-corrected chi connectivity index (χ3v) is 3.94. The summed E-state index contributed by atoms with van der Waals surface area (Å²) in [4.78, 5) is 20.3. The maximum absolute atomic E-state index is 12.1. The van der Waals surface area contributed by atoms with Gasteiger partial charge >= 0.3 is 0 Å². The van der Waals surface area contributed by atoms with Crippen LogP contribution in [0.5, 0.6) is 0 Å². The Morgan fingerprint density at radius 1 is 1.53 bits per heavy atom. The van der Waals surface area contributed by atoms with Crippen LogP contribution < -0.4 is 11.1 Å². The van der Waals surface area contributed by atoms with Gasteiger partial charge in [-0.1, -0.05) is 11.6 Å². The second-order valence-electron chi connectivity index (χ2n) is 4.39. The molecule has 1 saturated carbocycles. The smallest absolute Gasteiger partial charge is 0.259 e. The van der Waals surface area contributed by atoms with Crippen LogP contribution in [0.3, 0.4) is 0 Å². The van der Waals surface area contributed by atoms with Crippen molar-refractivity contribution >= 4 is 39.8 Å². The number of thiazole rings is 1. The van der Waals surface area contributed by atoms with Crippen LogP contribution in [-0.4, -0.2) is 15.9 Å². The second kappa shape index (κ2) is 4.79. The molecule has 1 aliphatic rings. The fourth-order valence-corrected chi connectivity index (χ4v) is 2.68. The Morgan fingerprint density at radius 2 is 2.32 bits per heavy atom. The van der Waals surface area contributed by atoms with Gasteiger partial charge in [0.05, 0.1) is 16.3 Å². The van der Waals surface area contributed by atoms with E-state index in [1.54, 1.807) is 0 Å². The van der Waals surface area contributed by atoms with Crippen LogP contribution in [0.1, 0.15) is 34.8 Å². The van der Waals surface area contributed by atoms with E-state index in [0.717, 1.165) is 5.69 Å². The lowest BCUT2D eigenvalue weighted by Crippen LogP contribution is -2.13. The molecule has 0 aliphatic heterocycles. The van der Waals surface area contributed by atoms with Crippen molar-refractivity contribution in [3.05, 3.63) is 33.9 Å². The number of nitrogens with one attached hydrogen (secondary N) is 1. The quantitative estimate of drug-likeness (QED) is 0.912. The van der Waals surface area contributed by atoms with Crippen LogP contribution in [0.25, 0.3) is 0 Å². The van der Waals surface area contributed by atoms with E-state index in [9.17, 15) is 4.79 Å². The lowest BCUT2D eigenvalue weighted by atomic mass is 10.2. The van der Waals surface area contributed by atoms with Crippen molar-refractivity contribution in [3.63, 3.8) is 0 Å². The Balaban J connectivity index is 1.77. The van der Waals surface area contributed by atoms with Crippen LogP contribution in [0.15, 0.2) is 17.6 Å². The van der Waals surface area contributed by atoms with Crippen molar-refractivity contribution < 1.29 is 4.79 Å². The number of anilines is 2. The number of aromatic nitrogens is 2. The van der Waals surface area contributed by atoms with Crippen molar-refractivity contribution in [2.75, 3.05) is 11.1 Å². The molecule has 1 fully saturated rings. The van der Waals surface area contributed by atoms with E-state index >= 15 is 0 Å². The number of carbonyl (C=O) groups is 1. The summed E-state index contributed by atoms with van der Waals surface area (Å²) in [5.41, 5.74) is 6.91. The molecule has 0 saturated heterocycles. The summed E-state index contributed by atoms with van der Waals surface area (Å²) in [6, 6.07) is 1.45. The van der Waals surface area contributed by atoms with Gasteiger partial charge in [-0.2, -0.15) is 0 Å². The molecule has 0 spiro atoms. The lowest BCUT2D eigenvalue weighted by molar-refractivity contribution is 0.102. The first-order valence-electron chi connectivity index (χ1n) is 5.81. The zero-order chi connectivity index (χ0) is 13.4. The van der Waals surface area contributed by atoms with Crippen LogP contribution in [-0.2, 0) is 0 Å². The number of carbonyl (C=O) groups excluding carboxylic acids is 1. The SMILES string of the molecule is Nc1cc(C(=O)Nc2nc(C3CC3)cs2)c(Cl)cn1. The van der Waals surface area contributed by atoms with Gasteiger partial charge in [-0.3, -0.25) is 10.1 Å². The third-order valence-electron chi connectivity index (χ3n) is 2.86. The highest BCUT2D eigenvalue weighted by molar-refractivity contribution is 7.14. The van der Waals surface area contributed by atoms with E-state index < -0.39 is 0 Å². The summed E-state index contributed by atoms with van der Waals surface area (Å²) in [7, 11) is 0. The number of hydrogen-bond acceptors (Lipinski definition) is 5. The van der Waals surface area contributed by atoms with Crippen LogP contribution in [0.2, 0.25) is 5.02 Å². The number of amides is 1. The highest BCUT2D eigenvalue weighted by atomic mass is 35.5. The molecule has 2 aromatic heterocycles. The Kier molecular flexibility index (Phi) is 3.12. The number of pyridine rings is 1. The first-order valence-corrected chi connectivity index (χ1v) is 7.07. The molecule has 3 N–H and O–H groups in total. The van der Waals surface area contributed by atoms with E-state index in [0.29, 0.717) is 16.6 Å². The number of halogens is 1. The zero-order valence-electron chi connectivity index (χ0n) is 9.89. The summed E-state index contributed by atoms with van der Waals surface area (Å²) in [6.07, 6.45) is 3.73. The van der Waals surface area contributed by atoms with Crippen LogP contribution in [0, 0.1) is 0 Å². The van der Waals surface area contributed by atoms with Gasteiger partial charge in [-0.05, 0) is 18.9 Å². The molecule has 7 heteroatoms. The van der Waals surface area contributed by atoms with Crippen molar-refractivity contribution in [3.8, 4) is 0 Å². The molecule has 0 radical (unpaired) electrons. The minimum Gasteiger partial charge on any atom is -0.384 e. The molecule has 1 aliphatic carbocycles. The molecule has 0 aromatic carbocycles. The van der Waals surface area contributed by atoms with Crippen molar-refractivity contribution in [1.82, 2.24) is 9.97 Å². The van der Waals surface area contributed by atoms with E-state index in [-0.39, 0.29) is 16.7 Å². The van der Waals surface area contributed by atoms with Gasteiger partial charge in [-0.25, -0.2) is 9.97 Å². The molecule has 0 bridgehead atoms. The summed E-state index contributed by atoms with van der Waals surface area (Å²) in [5.74, 6) is 0.505. The first kappa shape index (κ1) is 12.4. The first-order chi connectivity index (χ1) is 9.13. The maximum Gasteiger partial charge on any atom is 0.259 e. The lowest BCUT2D eigenvalue weighted by Gasteiger charge is -2.04. The van der Waals surface area contributed by atoms with Gasteiger partial charge in [0.15, 0.2) is 5.13 Å². The van der Waals surface area contributed by atoms with E-state index in [1.165, 1.54) is 36.4 Å². The molecule has 2 aromatic rings. The molecule has 2 heterocycles. The molecular weight excluding hydrogens is 284 g/mol. The molecule has 0 unspecified atom stereocenters. The summed E-state index contributed by atoms with van der Waals surface area (Å²) in [6.45, 7) is 0. The third kappa shape index (κ3) is 2.69. The molecule has 3 rings (SSSR count). The van der Waals surface area contributed by atoms with E-state index in [2.05, 4.69) is 15.3 Å². The zero-order valence-corrected chi connectivity index (χ0v) is 11.5. The average molecular weight is 295 g/mol. The van der Waals surface area contributed by atoms with Gasteiger partial charge in [-0.15, -0.1) is 11.3 Å². The Labute approximate surface area is 118 Å². The minimum atomic E-state index is -0.323. The highest BCUT2D eigenvalue weighted by Gasteiger charge is 2.26. The molecule has 19 heavy (non-hydrogen) atoms.